The van der Waals surface area contributed by atoms with Crippen molar-refractivity contribution in [3.63, 3.8) is 0 Å². The highest BCUT2D eigenvalue weighted by molar-refractivity contribution is 7.92. The summed E-state index contributed by atoms with van der Waals surface area (Å²) in [6.07, 6.45) is 3.66. The zero-order valence-electron chi connectivity index (χ0n) is 12.2. The molecule has 4 rings (SSSR count). The number of hydrogen-bond donors (Lipinski definition) is 1. The Bertz CT molecular complexity index is 803. The number of nitrogens with one attached hydrogen (secondary N) is 1. The molecule has 1 aliphatic carbocycles. The first-order chi connectivity index (χ1) is 10.1. The number of rotatable bonds is 2. The summed E-state index contributed by atoms with van der Waals surface area (Å²) in [5.41, 5.74) is 3.62. The van der Waals surface area contributed by atoms with Crippen LogP contribution in [0.25, 0.3) is 10.9 Å². The third-order valence-corrected chi connectivity index (χ3v) is 7.00. The average Bonchev–Trinajstić information content (AvgIpc) is 3.27. The fourth-order valence-electron chi connectivity index (χ4n) is 3.25. The van der Waals surface area contributed by atoms with E-state index in [-0.39, 0.29) is 5.25 Å². The van der Waals surface area contributed by atoms with E-state index in [4.69, 9.17) is 0 Å². The van der Waals surface area contributed by atoms with E-state index in [1.54, 1.807) is 6.07 Å². The molecule has 1 fully saturated rings. The van der Waals surface area contributed by atoms with E-state index in [9.17, 15) is 8.42 Å². The van der Waals surface area contributed by atoms with Crippen molar-refractivity contribution in [2.45, 2.75) is 35.8 Å². The molecule has 0 spiro atoms. The van der Waals surface area contributed by atoms with Crippen molar-refractivity contribution in [2.75, 3.05) is 20.1 Å². The van der Waals surface area contributed by atoms with Crippen LogP contribution in [0.3, 0.4) is 0 Å². The molecule has 2 heterocycles. The van der Waals surface area contributed by atoms with E-state index in [0.717, 1.165) is 44.3 Å². The lowest BCUT2D eigenvalue weighted by atomic mass is 10.1. The first-order valence-corrected chi connectivity index (χ1v) is 9.16. The van der Waals surface area contributed by atoms with Crippen molar-refractivity contribution in [3.05, 3.63) is 29.5 Å². The van der Waals surface area contributed by atoms with Gasteiger partial charge in [-0.2, -0.15) is 0 Å². The molecule has 1 saturated carbocycles. The maximum Gasteiger partial charge on any atom is 0.181 e. The molecular weight excluding hydrogens is 284 g/mol. The molecule has 1 aromatic heterocycles. The van der Waals surface area contributed by atoms with Crippen LogP contribution >= 0.6 is 0 Å². The second kappa shape index (κ2) is 4.58. The summed E-state index contributed by atoms with van der Waals surface area (Å²) >= 11 is 0. The van der Waals surface area contributed by atoms with Crippen LogP contribution in [0.5, 0.6) is 0 Å². The molecule has 0 unspecified atom stereocenters. The normalized spacial score (nSPS) is 20.4. The molecule has 1 N–H and O–H groups in total. The van der Waals surface area contributed by atoms with Crippen LogP contribution in [0.15, 0.2) is 23.1 Å². The van der Waals surface area contributed by atoms with Crippen LogP contribution in [0.2, 0.25) is 0 Å². The second-order valence-corrected chi connectivity index (χ2v) is 8.57. The zero-order chi connectivity index (χ0) is 14.6. The van der Waals surface area contributed by atoms with Crippen LogP contribution in [0, 0.1) is 0 Å². The Morgan fingerprint density at radius 2 is 1.95 bits per heavy atom. The number of sulfone groups is 1. The van der Waals surface area contributed by atoms with Gasteiger partial charge >= 0.3 is 0 Å². The number of aromatic nitrogens is 1. The molecule has 0 atom stereocenters. The lowest BCUT2D eigenvalue weighted by Crippen LogP contribution is -2.21. The molecule has 1 aliphatic heterocycles. The van der Waals surface area contributed by atoms with Crippen LogP contribution in [0.4, 0.5) is 0 Å². The highest BCUT2D eigenvalue weighted by Gasteiger charge is 2.37. The van der Waals surface area contributed by atoms with Gasteiger partial charge < -0.3 is 9.88 Å². The van der Waals surface area contributed by atoms with Crippen molar-refractivity contribution in [3.8, 4) is 0 Å². The van der Waals surface area contributed by atoms with E-state index in [2.05, 4.69) is 16.9 Å². The third kappa shape index (κ3) is 2.19. The summed E-state index contributed by atoms with van der Waals surface area (Å²) in [6.45, 7) is 2.11. The summed E-state index contributed by atoms with van der Waals surface area (Å²) in [5, 5.41) is 1.05. The van der Waals surface area contributed by atoms with Crippen LogP contribution < -0.4 is 0 Å². The van der Waals surface area contributed by atoms with Gasteiger partial charge in [-0.3, -0.25) is 0 Å². The van der Waals surface area contributed by atoms with Gasteiger partial charge in [-0.15, -0.1) is 0 Å². The number of nitrogens with zero attached hydrogens (tertiary/aromatic N) is 1. The van der Waals surface area contributed by atoms with Gasteiger partial charge in [0.2, 0.25) is 0 Å². The fourth-order valence-corrected chi connectivity index (χ4v) is 4.94. The van der Waals surface area contributed by atoms with Gasteiger partial charge in [0.25, 0.3) is 0 Å². The van der Waals surface area contributed by atoms with Gasteiger partial charge in [0.05, 0.1) is 10.1 Å². The Hall–Kier alpha value is -1.33. The van der Waals surface area contributed by atoms with Gasteiger partial charge in [-0.05, 0) is 44.0 Å². The Kier molecular flexibility index (Phi) is 2.91. The highest BCUT2D eigenvalue weighted by Crippen LogP contribution is 2.35. The first-order valence-electron chi connectivity index (χ1n) is 7.61. The van der Waals surface area contributed by atoms with E-state index in [0.29, 0.717) is 4.90 Å². The molecule has 4 nitrogen and oxygen atoms in total. The van der Waals surface area contributed by atoms with Gasteiger partial charge in [0.15, 0.2) is 9.84 Å². The minimum Gasteiger partial charge on any atom is -0.358 e. The van der Waals surface area contributed by atoms with E-state index in [1.807, 2.05) is 12.1 Å². The molecule has 2 aromatic rings. The SMILES string of the molecule is CN1CCc2[nH]c3cc(S(=O)(=O)C4CC4)ccc3c2CC1. The number of likely N-dealkylation sites (N-methyl/N-ethyl adjacent to an activating group) is 1. The molecular formula is C16H20N2O2S. The lowest BCUT2D eigenvalue weighted by Gasteiger charge is -2.11. The van der Waals surface area contributed by atoms with E-state index >= 15 is 0 Å². The monoisotopic (exact) mass is 304 g/mol. The van der Waals surface area contributed by atoms with Crippen molar-refractivity contribution in [1.29, 1.82) is 0 Å². The quantitative estimate of drug-likeness (QED) is 0.925. The number of H-pyrrole nitrogens is 1. The van der Waals surface area contributed by atoms with Crippen LogP contribution in [-0.4, -0.2) is 43.7 Å². The highest BCUT2D eigenvalue weighted by atomic mass is 32.2. The second-order valence-electron chi connectivity index (χ2n) is 6.34. The molecule has 0 bridgehead atoms. The lowest BCUT2D eigenvalue weighted by molar-refractivity contribution is 0.352. The third-order valence-electron chi connectivity index (χ3n) is 4.74. The van der Waals surface area contributed by atoms with Crippen LogP contribution in [0.1, 0.15) is 24.1 Å². The summed E-state index contributed by atoms with van der Waals surface area (Å²) in [5.74, 6) is 0. The number of fused-ring (bicyclic) bond motifs is 3. The number of aromatic amines is 1. The largest absolute Gasteiger partial charge is 0.358 e. The Labute approximate surface area is 125 Å². The van der Waals surface area contributed by atoms with E-state index in [1.165, 1.54) is 16.6 Å². The maximum absolute atomic E-state index is 12.4. The summed E-state index contributed by atoms with van der Waals surface area (Å²) in [6, 6.07) is 5.62. The minimum absolute atomic E-state index is 0.142. The van der Waals surface area contributed by atoms with Gasteiger partial charge in [-0.25, -0.2) is 8.42 Å². The van der Waals surface area contributed by atoms with Crippen LogP contribution in [-0.2, 0) is 22.7 Å². The molecule has 112 valence electrons. The van der Waals surface area contributed by atoms with Gasteiger partial charge in [0.1, 0.15) is 0 Å². The van der Waals surface area contributed by atoms with Crippen molar-refractivity contribution in [1.82, 2.24) is 9.88 Å². The molecule has 0 amide bonds. The topological polar surface area (TPSA) is 53.2 Å². The summed E-state index contributed by atoms with van der Waals surface area (Å²) < 4.78 is 24.7. The standard InChI is InChI=1S/C16H20N2O2S/c1-18-8-6-14-13-5-4-12(21(19,20)11-2-3-11)10-16(13)17-15(14)7-9-18/h4-5,10-11,17H,2-3,6-9H2,1H3. The summed E-state index contributed by atoms with van der Waals surface area (Å²) in [7, 11) is -0.956. The molecule has 0 saturated heterocycles. The van der Waals surface area contributed by atoms with E-state index < -0.39 is 9.84 Å². The van der Waals surface area contributed by atoms with Crippen molar-refractivity contribution >= 4 is 20.7 Å². The zero-order valence-corrected chi connectivity index (χ0v) is 13.0. The Morgan fingerprint density at radius 1 is 1.19 bits per heavy atom. The minimum atomic E-state index is -3.10. The van der Waals surface area contributed by atoms with Gasteiger partial charge in [-0.1, -0.05) is 6.07 Å². The van der Waals surface area contributed by atoms with Gasteiger partial charge in [0, 0.05) is 36.1 Å². The summed E-state index contributed by atoms with van der Waals surface area (Å²) in [4.78, 5) is 6.27. The number of benzene rings is 1. The predicted molar refractivity (Wildman–Crippen MR) is 83.4 cm³/mol. The van der Waals surface area contributed by atoms with Crippen molar-refractivity contribution in [2.24, 2.45) is 0 Å². The van der Waals surface area contributed by atoms with Crippen molar-refractivity contribution < 1.29 is 8.42 Å². The fraction of sp³-hybridized carbons (Fsp3) is 0.500. The molecule has 1 aromatic carbocycles. The first kappa shape index (κ1) is 13.3. The predicted octanol–water partition coefficient (Wildman–Crippen LogP) is 2.13. The Balaban J connectivity index is 1.80. The molecule has 21 heavy (non-hydrogen) atoms. The molecule has 5 heteroatoms. The average molecular weight is 304 g/mol. The number of hydrogen-bond acceptors (Lipinski definition) is 3. The maximum atomic E-state index is 12.4. The molecule has 2 aliphatic rings. The Morgan fingerprint density at radius 3 is 2.71 bits per heavy atom. The molecule has 0 radical (unpaired) electrons. The smallest absolute Gasteiger partial charge is 0.181 e.